The molecule has 0 saturated carbocycles. The lowest BCUT2D eigenvalue weighted by Crippen LogP contribution is -2.26. The zero-order chi connectivity index (χ0) is 17.2. The number of carbonyl (C=O) groups excluding carboxylic acids is 1. The minimum atomic E-state index is -0.142. The highest BCUT2D eigenvalue weighted by molar-refractivity contribution is 5.92. The number of hydrogen-bond donors (Lipinski definition) is 2. The molecular weight excluding hydrogens is 304 g/mol. The number of allylic oxidation sites excluding steroid dienone is 1. The third-order valence-corrected chi connectivity index (χ3v) is 4.02. The van der Waals surface area contributed by atoms with Crippen LogP contribution in [0.15, 0.2) is 17.7 Å². The average molecular weight is 332 g/mol. The van der Waals surface area contributed by atoms with Crippen LogP contribution in [0.3, 0.4) is 0 Å². The first-order valence-corrected chi connectivity index (χ1v) is 8.73. The topological polar surface area (TPSA) is 76.1 Å². The third kappa shape index (κ3) is 6.28. The monoisotopic (exact) mass is 332 g/mol. The van der Waals surface area contributed by atoms with Crippen LogP contribution in [0.5, 0.6) is 0 Å². The fraction of sp³-hybridized carbons (Fsp3) is 0.611. The van der Waals surface area contributed by atoms with Crippen LogP contribution in [-0.4, -0.2) is 42.7 Å². The van der Waals surface area contributed by atoms with Crippen molar-refractivity contribution < 1.29 is 9.53 Å². The Labute approximate surface area is 144 Å². The summed E-state index contributed by atoms with van der Waals surface area (Å²) in [6.07, 6.45) is 9.02. The van der Waals surface area contributed by atoms with E-state index in [0.29, 0.717) is 30.5 Å². The van der Waals surface area contributed by atoms with Crippen LogP contribution in [0.25, 0.3) is 0 Å². The van der Waals surface area contributed by atoms with E-state index in [9.17, 15) is 4.79 Å². The molecule has 0 aromatic carbocycles. The van der Waals surface area contributed by atoms with Crippen molar-refractivity contribution in [3.63, 3.8) is 0 Å². The normalized spacial score (nSPS) is 14.2. The summed E-state index contributed by atoms with van der Waals surface area (Å²) in [6, 6.07) is 1.70. The molecular formula is C18H28N4O2. The van der Waals surface area contributed by atoms with E-state index in [0.717, 1.165) is 25.8 Å². The number of hydrogen-bond acceptors (Lipinski definition) is 5. The predicted molar refractivity (Wildman–Crippen MR) is 95.3 cm³/mol. The van der Waals surface area contributed by atoms with Gasteiger partial charge in [-0.2, -0.15) is 0 Å². The summed E-state index contributed by atoms with van der Waals surface area (Å²) in [4.78, 5) is 20.9. The van der Waals surface area contributed by atoms with Gasteiger partial charge in [-0.3, -0.25) is 4.79 Å². The Morgan fingerprint density at radius 2 is 2.17 bits per heavy atom. The Kier molecular flexibility index (Phi) is 7.68. The van der Waals surface area contributed by atoms with E-state index in [4.69, 9.17) is 4.74 Å². The van der Waals surface area contributed by atoms with E-state index < -0.39 is 0 Å². The third-order valence-electron chi connectivity index (χ3n) is 4.02. The van der Waals surface area contributed by atoms with E-state index in [1.165, 1.54) is 24.8 Å². The number of anilines is 1. The zero-order valence-corrected chi connectivity index (χ0v) is 14.7. The molecule has 132 valence electrons. The molecule has 1 aliphatic rings. The highest BCUT2D eigenvalue weighted by atomic mass is 16.5. The molecule has 24 heavy (non-hydrogen) atoms. The molecule has 0 radical (unpaired) electrons. The Morgan fingerprint density at radius 1 is 1.29 bits per heavy atom. The Bertz CT molecular complexity index is 572. The van der Waals surface area contributed by atoms with E-state index in [2.05, 4.69) is 26.7 Å². The molecule has 0 fully saturated rings. The summed E-state index contributed by atoms with van der Waals surface area (Å²) in [5, 5.41) is 6.16. The Hall–Kier alpha value is -1.95. The van der Waals surface area contributed by atoms with Gasteiger partial charge >= 0.3 is 0 Å². The van der Waals surface area contributed by atoms with Gasteiger partial charge in [0.15, 0.2) is 0 Å². The SMILES string of the molecule is COCCCNc1cc(C(=O)NCCC2=CCCCC2)nc(C)n1. The lowest BCUT2D eigenvalue weighted by atomic mass is 9.97. The molecule has 2 rings (SSSR count). The molecule has 1 aromatic heterocycles. The molecule has 2 N–H and O–H groups in total. The summed E-state index contributed by atoms with van der Waals surface area (Å²) < 4.78 is 5.02. The van der Waals surface area contributed by atoms with Crippen LogP contribution in [0.1, 0.15) is 54.8 Å². The maximum atomic E-state index is 12.3. The van der Waals surface area contributed by atoms with Crippen molar-refractivity contribution in [3.05, 3.63) is 29.2 Å². The van der Waals surface area contributed by atoms with Crippen molar-refractivity contribution in [2.45, 2.75) is 45.4 Å². The van der Waals surface area contributed by atoms with E-state index in [1.54, 1.807) is 20.1 Å². The fourth-order valence-electron chi connectivity index (χ4n) is 2.77. The van der Waals surface area contributed by atoms with Crippen LogP contribution >= 0.6 is 0 Å². The molecule has 0 aliphatic heterocycles. The molecule has 0 unspecified atom stereocenters. The quantitative estimate of drug-likeness (QED) is 0.537. The molecule has 6 nitrogen and oxygen atoms in total. The fourth-order valence-corrected chi connectivity index (χ4v) is 2.77. The van der Waals surface area contributed by atoms with Gasteiger partial charge in [-0.15, -0.1) is 0 Å². The molecule has 0 spiro atoms. The van der Waals surface area contributed by atoms with Gasteiger partial charge in [0.25, 0.3) is 5.91 Å². The van der Waals surface area contributed by atoms with Crippen molar-refractivity contribution >= 4 is 11.7 Å². The van der Waals surface area contributed by atoms with Gasteiger partial charge in [0.05, 0.1) is 0 Å². The number of nitrogens with one attached hydrogen (secondary N) is 2. The van der Waals surface area contributed by atoms with Crippen LogP contribution in [-0.2, 0) is 4.74 Å². The van der Waals surface area contributed by atoms with Gasteiger partial charge in [0.2, 0.25) is 0 Å². The number of amides is 1. The molecule has 0 atom stereocenters. The van der Waals surface area contributed by atoms with E-state index in [-0.39, 0.29) is 5.91 Å². The van der Waals surface area contributed by atoms with Gasteiger partial charge in [0, 0.05) is 32.9 Å². The van der Waals surface area contributed by atoms with Crippen molar-refractivity contribution in [2.24, 2.45) is 0 Å². The lowest BCUT2D eigenvalue weighted by molar-refractivity contribution is 0.0948. The number of ether oxygens (including phenoxy) is 1. The minimum absolute atomic E-state index is 0.142. The Morgan fingerprint density at radius 3 is 2.92 bits per heavy atom. The molecule has 0 bridgehead atoms. The van der Waals surface area contributed by atoms with Crippen LogP contribution in [0, 0.1) is 6.92 Å². The molecule has 0 saturated heterocycles. The molecule has 6 heteroatoms. The van der Waals surface area contributed by atoms with Gasteiger partial charge < -0.3 is 15.4 Å². The second-order valence-electron chi connectivity index (χ2n) is 6.07. The smallest absolute Gasteiger partial charge is 0.270 e. The second-order valence-corrected chi connectivity index (χ2v) is 6.07. The van der Waals surface area contributed by atoms with Crippen molar-refractivity contribution in [1.29, 1.82) is 0 Å². The molecule has 1 heterocycles. The maximum absolute atomic E-state index is 12.3. The van der Waals surface area contributed by atoms with E-state index in [1.807, 2.05) is 0 Å². The van der Waals surface area contributed by atoms with Gasteiger partial charge in [-0.1, -0.05) is 11.6 Å². The van der Waals surface area contributed by atoms with E-state index >= 15 is 0 Å². The van der Waals surface area contributed by atoms with Crippen molar-refractivity contribution in [2.75, 3.05) is 32.1 Å². The summed E-state index contributed by atoms with van der Waals surface area (Å²) in [5.74, 6) is 1.13. The first-order valence-electron chi connectivity index (χ1n) is 8.73. The summed E-state index contributed by atoms with van der Waals surface area (Å²) in [7, 11) is 1.68. The van der Waals surface area contributed by atoms with Gasteiger partial charge in [0.1, 0.15) is 17.3 Å². The molecule has 1 aromatic rings. The number of aryl methyl sites for hydroxylation is 1. The minimum Gasteiger partial charge on any atom is -0.385 e. The van der Waals surface area contributed by atoms with Crippen LogP contribution < -0.4 is 10.6 Å². The zero-order valence-electron chi connectivity index (χ0n) is 14.7. The van der Waals surface area contributed by atoms with Crippen LogP contribution in [0.2, 0.25) is 0 Å². The average Bonchev–Trinajstić information content (AvgIpc) is 2.59. The van der Waals surface area contributed by atoms with Crippen LogP contribution in [0.4, 0.5) is 5.82 Å². The second kappa shape index (κ2) is 10.0. The number of nitrogens with zero attached hydrogens (tertiary/aromatic N) is 2. The molecule has 1 aliphatic carbocycles. The lowest BCUT2D eigenvalue weighted by Gasteiger charge is -2.13. The number of aromatic nitrogens is 2. The summed E-state index contributed by atoms with van der Waals surface area (Å²) in [6.45, 7) is 3.90. The highest BCUT2D eigenvalue weighted by Gasteiger charge is 2.11. The first kappa shape index (κ1) is 18.4. The highest BCUT2D eigenvalue weighted by Crippen LogP contribution is 2.19. The number of methoxy groups -OCH3 is 1. The summed E-state index contributed by atoms with van der Waals surface area (Å²) in [5.41, 5.74) is 1.87. The number of rotatable bonds is 9. The molecule has 1 amide bonds. The van der Waals surface area contributed by atoms with Gasteiger partial charge in [-0.05, 0) is 45.4 Å². The standard InChI is InChI=1S/C18H28N4O2/c1-14-21-16(13-17(22-14)19-10-6-12-24-2)18(23)20-11-9-15-7-4-3-5-8-15/h7,13H,3-6,8-12H2,1-2H3,(H,20,23)(H,19,21,22). The first-order chi connectivity index (χ1) is 11.7. The maximum Gasteiger partial charge on any atom is 0.270 e. The largest absolute Gasteiger partial charge is 0.385 e. The predicted octanol–water partition coefficient (Wildman–Crippen LogP) is 2.85. The summed E-state index contributed by atoms with van der Waals surface area (Å²) >= 11 is 0. The van der Waals surface area contributed by atoms with Gasteiger partial charge in [-0.25, -0.2) is 9.97 Å². The number of carbonyl (C=O) groups is 1. The van der Waals surface area contributed by atoms with Crippen molar-refractivity contribution in [3.8, 4) is 0 Å². The Balaban J connectivity index is 1.83. The van der Waals surface area contributed by atoms with Crippen molar-refractivity contribution in [1.82, 2.24) is 15.3 Å².